The molecule has 0 spiro atoms. The van der Waals surface area contributed by atoms with E-state index in [-0.39, 0.29) is 11.8 Å². The first kappa shape index (κ1) is 51.1. The van der Waals surface area contributed by atoms with Crippen LogP contribution in [0.1, 0.15) is 45.5 Å². The first-order valence-electron chi connectivity index (χ1n) is 30.1. The molecular weight excluding hydrogens is 1060 g/mol. The summed E-state index contributed by atoms with van der Waals surface area (Å²) in [6.45, 7) is 14.9. The number of rotatable bonds is 7. The fraction of sp³-hybridized carbons (Fsp3) is 0.100. The molecule has 0 radical (unpaired) electrons. The predicted molar refractivity (Wildman–Crippen MR) is 367 cm³/mol. The third-order valence-corrected chi connectivity index (χ3v) is 22.4. The summed E-state index contributed by atoms with van der Waals surface area (Å²) in [7, 11) is -3.40. The van der Waals surface area contributed by atoms with Crippen molar-refractivity contribution in [1.82, 2.24) is 9.97 Å². The van der Waals surface area contributed by atoms with Crippen molar-refractivity contribution < 1.29 is 0 Å². The van der Waals surface area contributed by atoms with Crippen LogP contribution in [0.2, 0.25) is 39.3 Å². The first-order chi connectivity index (χ1) is 41.5. The van der Waals surface area contributed by atoms with Crippen molar-refractivity contribution in [2.45, 2.75) is 51.1 Å². The standard InChI is InChI=1S/C44H29N.C36H34N2Si2/c1-5-16-30(17-6-1)40-34-24-13-14-25-35(34)41(31-18-7-2-8-19-31)44-38-28-29-39(36-26-15-27-37(42(36)38)43(40)44)45(32-20-9-3-10-21-32)33-22-11-4-12-23-33;1-39(2,3)35-25-17-11-12-18-26(25)36(40(4,5)6)28-20-30-29(19-27(28)35)37-33-31-21-13-7-9-15-23(21)32(34(33)38-30)24-16-10-8-14-22(24)31/h1-29H;7-20,31-32H,1-6H3. The summed E-state index contributed by atoms with van der Waals surface area (Å²) < 4.78 is 0. The fourth-order valence-electron chi connectivity index (χ4n) is 15.2. The Hall–Kier alpha value is -9.53. The average molecular weight is 1120 g/mol. The van der Waals surface area contributed by atoms with Crippen LogP contribution in [-0.4, -0.2) is 26.1 Å². The molecule has 1 aromatic heterocycles. The zero-order valence-corrected chi connectivity index (χ0v) is 50.8. The molecule has 0 amide bonds. The molecule has 0 N–H and O–H groups in total. The summed E-state index contributed by atoms with van der Waals surface area (Å²) in [5, 5.41) is 13.9. The highest BCUT2D eigenvalue weighted by atomic mass is 28.3. The van der Waals surface area contributed by atoms with Gasteiger partial charge < -0.3 is 4.90 Å². The van der Waals surface area contributed by atoms with E-state index < -0.39 is 16.1 Å². The lowest BCUT2D eigenvalue weighted by Gasteiger charge is -2.40. The van der Waals surface area contributed by atoms with Crippen molar-refractivity contribution in [2.75, 3.05) is 4.90 Å². The molecule has 0 unspecified atom stereocenters. The zero-order chi connectivity index (χ0) is 57.3. The Morgan fingerprint density at radius 2 is 0.659 bits per heavy atom. The Labute approximate surface area is 499 Å². The summed E-state index contributed by atoms with van der Waals surface area (Å²) in [4.78, 5) is 13.4. The monoisotopic (exact) mass is 1120 g/mol. The second-order valence-corrected chi connectivity index (χ2v) is 35.4. The third-order valence-electron chi connectivity index (χ3n) is 18.3. The molecule has 0 saturated carbocycles. The topological polar surface area (TPSA) is 29.0 Å². The van der Waals surface area contributed by atoms with Crippen LogP contribution in [0.25, 0.3) is 98.6 Å². The molecule has 1 heterocycles. The van der Waals surface area contributed by atoms with Crippen molar-refractivity contribution in [1.29, 1.82) is 0 Å². The van der Waals surface area contributed by atoms with Crippen LogP contribution in [0.5, 0.6) is 0 Å². The van der Waals surface area contributed by atoms with Gasteiger partial charge in [0.25, 0.3) is 0 Å². The molecule has 13 aromatic carbocycles. The lowest BCUT2D eigenvalue weighted by molar-refractivity contribution is 0.709. The van der Waals surface area contributed by atoms with Crippen LogP contribution in [0.3, 0.4) is 0 Å². The maximum absolute atomic E-state index is 5.51. The van der Waals surface area contributed by atoms with E-state index in [0.29, 0.717) is 0 Å². The molecule has 2 bridgehead atoms. The molecule has 0 atom stereocenters. The van der Waals surface area contributed by atoms with E-state index in [4.69, 9.17) is 9.97 Å². The highest BCUT2D eigenvalue weighted by Crippen LogP contribution is 2.60. The number of nitrogens with zero attached hydrogens (tertiary/aromatic N) is 3. The van der Waals surface area contributed by atoms with Gasteiger partial charge in [-0.2, -0.15) is 0 Å². The molecule has 4 aliphatic rings. The predicted octanol–water partition coefficient (Wildman–Crippen LogP) is 20.5. The van der Waals surface area contributed by atoms with Gasteiger partial charge in [-0.25, -0.2) is 9.97 Å². The van der Waals surface area contributed by atoms with Crippen molar-refractivity contribution in [2.24, 2.45) is 0 Å². The number of hydrogen-bond acceptors (Lipinski definition) is 3. The van der Waals surface area contributed by atoms with Gasteiger partial charge in [0.2, 0.25) is 0 Å². The smallest absolute Gasteiger partial charge is 0.0897 e. The van der Waals surface area contributed by atoms with Crippen molar-refractivity contribution in [3.05, 3.63) is 294 Å². The molecule has 18 rings (SSSR count). The summed E-state index contributed by atoms with van der Waals surface area (Å²) in [6, 6.07) is 95.6. The van der Waals surface area contributed by atoms with Gasteiger partial charge in [0.15, 0.2) is 0 Å². The number of hydrogen-bond donors (Lipinski definition) is 0. The van der Waals surface area contributed by atoms with Crippen LogP contribution < -0.4 is 15.3 Å². The number of anilines is 3. The maximum Gasteiger partial charge on any atom is 0.0897 e. The number of fused-ring (bicyclic) bond motifs is 7. The largest absolute Gasteiger partial charge is 0.310 e. The van der Waals surface area contributed by atoms with E-state index in [1.54, 1.807) is 10.4 Å². The lowest BCUT2D eigenvalue weighted by Crippen LogP contribution is -2.44. The minimum atomic E-state index is -1.70. The third kappa shape index (κ3) is 7.97. The minimum absolute atomic E-state index is 0.144. The molecule has 406 valence electrons. The summed E-state index contributed by atoms with van der Waals surface area (Å²) in [5.74, 6) is 0.288. The van der Waals surface area contributed by atoms with E-state index in [1.165, 1.54) is 116 Å². The summed E-state index contributed by atoms with van der Waals surface area (Å²) in [6.07, 6.45) is 0. The van der Waals surface area contributed by atoms with E-state index in [1.807, 2.05) is 0 Å². The Kier molecular flexibility index (Phi) is 11.8. The van der Waals surface area contributed by atoms with E-state index in [0.717, 1.165) is 33.8 Å². The molecule has 3 nitrogen and oxygen atoms in total. The van der Waals surface area contributed by atoms with Crippen LogP contribution in [0.15, 0.2) is 261 Å². The highest BCUT2D eigenvalue weighted by Gasteiger charge is 2.44. The number of aromatic nitrogens is 2. The van der Waals surface area contributed by atoms with Crippen LogP contribution in [0, 0.1) is 0 Å². The second-order valence-electron chi connectivity index (χ2n) is 25.4. The molecule has 5 heteroatoms. The average Bonchev–Trinajstić information content (AvgIpc) is 1.82. The Balaban J connectivity index is 0.000000139. The van der Waals surface area contributed by atoms with Crippen molar-refractivity contribution in [3.63, 3.8) is 0 Å². The van der Waals surface area contributed by atoms with E-state index in [9.17, 15) is 0 Å². The molecule has 0 saturated heterocycles. The lowest BCUT2D eigenvalue weighted by atomic mass is 9.64. The quantitative estimate of drug-likeness (QED) is 0.118. The van der Waals surface area contributed by atoms with Crippen LogP contribution in [-0.2, 0) is 0 Å². The fourth-order valence-corrected chi connectivity index (χ4v) is 19.2. The Morgan fingerprint density at radius 1 is 0.306 bits per heavy atom. The number of benzene rings is 13. The summed E-state index contributed by atoms with van der Waals surface area (Å²) >= 11 is 0. The van der Waals surface area contributed by atoms with E-state index >= 15 is 0 Å². The van der Waals surface area contributed by atoms with Gasteiger partial charge in [0, 0.05) is 16.8 Å². The van der Waals surface area contributed by atoms with Gasteiger partial charge in [0.1, 0.15) is 0 Å². The Morgan fingerprint density at radius 3 is 1.07 bits per heavy atom. The number of para-hydroxylation sites is 2. The molecule has 4 aliphatic carbocycles. The minimum Gasteiger partial charge on any atom is -0.310 e. The maximum atomic E-state index is 5.51. The van der Waals surface area contributed by atoms with Gasteiger partial charge in [-0.3, -0.25) is 0 Å². The molecular formula is C80H63N3Si2. The molecule has 85 heavy (non-hydrogen) atoms. The first-order valence-corrected chi connectivity index (χ1v) is 37.1. The Bertz CT molecular complexity index is 4700. The van der Waals surface area contributed by atoms with E-state index in [2.05, 4.69) is 305 Å². The summed E-state index contributed by atoms with van der Waals surface area (Å²) in [5.41, 5.74) is 23.7. The van der Waals surface area contributed by atoms with Crippen LogP contribution >= 0.6 is 0 Å². The molecule has 0 fully saturated rings. The SMILES string of the molecule is C[Si](C)(C)c1c2ccccc2c([Si](C)(C)C)c2cc3nc4c(nc3cc12)C1c2ccccc2C4c2ccccc21.c1ccc(-c2c3c(c(-c4ccccc4)c4ccccc24)-c2ccc(N(c4ccccc4)c4ccccc4)c4cccc-3c24)cc1. The zero-order valence-electron chi connectivity index (χ0n) is 48.8. The van der Waals surface area contributed by atoms with Crippen molar-refractivity contribution in [3.8, 4) is 44.5 Å². The van der Waals surface area contributed by atoms with Gasteiger partial charge >= 0.3 is 0 Å². The van der Waals surface area contributed by atoms with Crippen molar-refractivity contribution >= 4 is 97.7 Å². The van der Waals surface area contributed by atoms with Gasteiger partial charge in [-0.1, -0.05) is 258 Å². The van der Waals surface area contributed by atoms with Crippen LogP contribution in [0.4, 0.5) is 17.1 Å². The normalized spacial score (nSPS) is 14.5. The van der Waals surface area contributed by atoms with Gasteiger partial charge in [-0.05, 0) is 157 Å². The molecule has 14 aromatic rings. The van der Waals surface area contributed by atoms with Gasteiger partial charge in [0.05, 0.1) is 56.1 Å². The van der Waals surface area contributed by atoms with Gasteiger partial charge in [-0.15, -0.1) is 0 Å². The molecule has 0 aliphatic heterocycles. The highest BCUT2D eigenvalue weighted by molar-refractivity contribution is 6.95. The second kappa shape index (κ2) is 19.5.